The molecule has 0 aliphatic rings. The third-order valence-electron chi connectivity index (χ3n) is 2.11. The summed E-state index contributed by atoms with van der Waals surface area (Å²) in [6.45, 7) is 0. The summed E-state index contributed by atoms with van der Waals surface area (Å²) in [5.41, 5.74) is 0.837. The quantitative estimate of drug-likeness (QED) is 0.774. The molecule has 0 unspecified atom stereocenters. The number of carbonyl (C=O) groups is 1. The van der Waals surface area contributed by atoms with Gasteiger partial charge in [0.25, 0.3) is 0 Å². The number of rotatable bonds is 2. The van der Waals surface area contributed by atoms with Gasteiger partial charge in [0.2, 0.25) is 14.2 Å². The molecule has 0 bridgehead atoms. The van der Waals surface area contributed by atoms with Gasteiger partial charge in [-0.1, -0.05) is 0 Å². The number of thiazole rings is 1. The molecule has 0 aliphatic carbocycles. The summed E-state index contributed by atoms with van der Waals surface area (Å²) in [5.74, 6) is -0.471. The van der Waals surface area contributed by atoms with E-state index in [2.05, 4.69) is 9.72 Å². The highest BCUT2D eigenvalue weighted by atomic mass is 32.2. The van der Waals surface area contributed by atoms with E-state index in [0.29, 0.717) is 11.1 Å². The number of methoxy groups -OCH3 is 1. The summed E-state index contributed by atoms with van der Waals surface area (Å²) >= 11 is 1.08. The molecule has 90 valence electrons. The van der Waals surface area contributed by atoms with Crippen LogP contribution in [0.25, 0.3) is 10.2 Å². The first kappa shape index (κ1) is 12.0. The Kier molecular flexibility index (Phi) is 2.88. The first-order valence-corrected chi connectivity index (χ1v) is 7.31. The first-order chi connectivity index (χ1) is 7.91. The van der Waals surface area contributed by atoms with Crippen LogP contribution in [-0.2, 0) is 14.6 Å². The van der Waals surface area contributed by atoms with Gasteiger partial charge in [0.1, 0.15) is 0 Å². The zero-order chi connectivity index (χ0) is 12.6. The number of nitrogens with zero attached hydrogens (tertiary/aromatic N) is 1. The fourth-order valence-corrected chi connectivity index (χ4v) is 3.13. The number of fused-ring (bicyclic) bond motifs is 1. The van der Waals surface area contributed by atoms with Crippen molar-refractivity contribution < 1.29 is 17.9 Å². The molecule has 5 nitrogen and oxygen atoms in total. The van der Waals surface area contributed by atoms with Gasteiger partial charge in [-0.2, -0.15) is 0 Å². The molecule has 0 N–H and O–H groups in total. The third kappa shape index (κ3) is 2.29. The number of esters is 1. The van der Waals surface area contributed by atoms with Crippen molar-refractivity contribution >= 4 is 37.4 Å². The van der Waals surface area contributed by atoms with E-state index in [1.54, 1.807) is 12.1 Å². The van der Waals surface area contributed by atoms with E-state index in [1.807, 2.05) is 0 Å². The molecule has 0 aliphatic heterocycles. The minimum absolute atomic E-state index is 0.0505. The second-order valence-electron chi connectivity index (χ2n) is 3.43. The molecule has 0 spiro atoms. The SMILES string of the molecule is COC(=O)c1ccc2sc(S(C)(=O)=O)nc2c1. The molecule has 0 amide bonds. The van der Waals surface area contributed by atoms with E-state index in [-0.39, 0.29) is 4.34 Å². The van der Waals surface area contributed by atoms with E-state index in [9.17, 15) is 13.2 Å². The lowest BCUT2D eigenvalue weighted by Gasteiger charge is -1.97. The van der Waals surface area contributed by atoms with Gasteiger partial charge in [0.05, 0.1) is 22.9 Å². The first-order valence-electron chi connectivity index (χ1n) is 4.61. The van der Waals surface area contributed by atoms with Crippen LogP contribution in [0.5, 0.6) is 0 Å². The van der Waals surface area contributed by atoms with Crippen molar-refractivity contribution in [3.05, 3.63) is 23.8 Å². The molecule has 17 heavy (non-hydrogen) atoms. The number of ether oxygens (including phenoxy) is 1. The van der Waals surface area contributed by atoms with Crippen molar-refractivity contribution in [1.82, 2.24) is 4.98 Å². The van der Waals surface area contributed by atoms with Crippen LogP contribution < -0.4 is 0 Å². The van der Waals surface area contributed by atoms with Gasteiger partial charge >= 0.3 is 5.97 Å². The van der Waals surface area contributed by atoms with Crippen LogP contribution in [-0.4, -0.2) is 32.7 Å². The van der Waals surface area contributed by atoms with Gasteiger partial charge < -0.3 is 4.74 Å². The van der Waals surface area contributed by atoms with Gasteiger partial charge in [-0.25, -0.2) is 18.2 Å². The zero-order valence-corrected chi connectivity index (χ0v) is 10.8. The molecular weight excluding hydrogens is 262 g/mol. The second kappa shape index (κ2) is 4.08. The predicted molar refractivity (Wildman–Crippen MR) is 64.1 cm³/mol. The molecule has 2 aromatic rings. The summed E-state index contributed by atoms with van der Waals surface area (Å²) < 4.78 is 28.0. The fraction of sp³-hybridized carbons (Fsp3) is 0.200. The van der Waals surface area contributed by atoms with Crippen molar-refractivity contribution in [1.29, 1.82) is 0 Å². The van der Waals surface area contributed by atoms with E-state index in [0.717, 1.165) is 22.3 Å². The molecule has 0 saturated carbocycles. The number of aromatic nitrogens is 1. The fourth-order valence-electron chi connectivity index (χ4n) is 1.31. The highest BCUT2D eigenvalue weighted by molar-refractivity contribution is 7.92. The number of carbonyl (C=O) groups excluding carboxylic acids is 1. The van der Waals surface area contributed by atoms with Crippen molar-refractivity contribution in [2.24, 2.45) is 0 Å². The monoisotopic (exact) mass is 271 g/mol. The molecular formula is C10H9NO4S2. The van der Waals surface area contributed by atoms with Crippen LogP contribution in [0.3, 0.4) is 0 Å². The maximum Gasteiger partial charge on any atom is 0.337 e. The van der Waals surface area contributed by atoms with Crippen LogP contribution in [0.1, 0.15) is 10.4 Å². The lowest BCUT2D eigenvalue weighted by molar-refractivity contribution is 0.0601. The molecule has 0 radical (unpaired) electrons. The third-order valence-corrected chi connectivity index (χ3v) is 4.82. The van der Waals surface area contributed by atoms with Gasteiger partial charge in [-0.05, 0) is 18.2 Å². The summed E-state index contributed by atoms with van der Waals surface area (Å²) in [5, 5.41) is 0. The van der Waals surface area contributed by atoms with Crippen LogP contribution in [0, 0.1) is 0 Å². The topological polar surface area (TPSA) is 73.3 Å². The predicted octanol–water partition coefficient (Wildman–Crippen LogP) is 1.49. The Bertz CT molecular complexity index is 687. The van der Waals surface area contributed by atoms with E-state index < -0.39 is 15.8 Å². The smallest absolute Gasteiger partial charge is 0.337 e. The maximum absolute atomic E-state index is 11.3. The Labute approximate surface area is 102 Å². The Hall–Kier alpha value is -1.47. The number of sulfone groups is 1. The van der Waals surface area contributed by atoms with E-state index in [1.165, 1.54) is 13.2 Å². The van der Waals surface area contributed by atoms with Crippen molar-refractivity contribution in [2.45, 2.75) is 4.34 Å². The van der Waals surface area contributed by atoms with Gasteiger partial charge in [-0.3, -0.25) is 0 Å². The molecule has 0 fully saturated rings. The zero-order valence-electron chi connectivity index (χ0n) is 9.13. The second-order valence-corrected chi connectivity index (χ2v) is 6.65. The lowest BCUT2D eigenvalue weighted by atomic mass is 10.2. The maximum atomic E-state index is 11.3. The van der Waals surface area contributed by atoms with Crippen LogP contribution in [0.15, 0.2) is 22.5 Å². The van der Waals surface area contributed by atoms with E-state index in [4.69, 9.17) is 0 Å². The van der Waals surface area contributed by atoms with Gasteiger partial charge in [0.15, 0.2) is 0 Å². The average Bonchev–Trinajstić information content (AvgIpc) is 2.70. The number of benzene rings is 1. The summed E-state index contributed by atoms with van der Waals surface area (Å²) in [4.78, 5) is 15.3. The minimum Gasteiger partial charge on any atom is -0.465 e. The molecule has 0 saturated heterocycles. The molecule has 1 heterocycles. The summed E-state index contributed by atoms with van der Waals surface area (Å²) in [7, 11) is -2.02. The van der Waals surface area contributed by atoms with Crippen molar-refractivity contribution in [3.8, 4) is 0 Å². The largest absolute Gasteiger partial charge is 0.465 e. The highest BCUT2D eigenvalue weighted by Gasteiger charge is 2.15. The van der Waals surface area contributed by atoms with Crippen LogP contribution >= 0.6 is 11.3 Å². The molecule has 1 aromatic carbocycles. The summed E-state index contributed by atoms with van der Waals surface area (Å²) in [6, 6.07) is 4.76. The van der Waals surface area contributed by atoms with Gasteiger partial charge in [-0.15, -0.1) is 11.3 Å². The Morgan fingerprint density at radius 2 is 2.12 bits per heavy atom. The molecule has 1 aromatic heterocycles. The van der Waals surface area contributed by atoms with Crippen molar-refractivity contribution in [3.63, 3.8) is 0 Å². The number of hydrogen-bond acceptors (Lipinski definition) is 6. The Balaban J connectivity index is 2.60. The van der Waals surface area contributed by atoms with E-state index >= 15 is 0 Å². The van der Waals surface area contributed by atoms with Crippen LogP contribution in [0.4, 0.5) is 0 Å². The minimum atomic E-state index is -3.31. The Morgan fingerprint density at radius 3 is 2.71 bits per heavy atom. The standard InChI is InChI=1S/C10H9NO4S2/c1-15-9(12)6-3-4-8-7(5-6)11-10(16-8)17(2,13)14/h3-5H,1-2H3. The van der Waals surface area contributed by atoms with Crippen LogP contribution in [0.2, 0.25) is 0 Å². The molecule has 7 heteroatoms. The molecule has 0 atom stereocenters. The normalized spacial score (nSPS) is 11.6. The highest BCUT2D eigenvalue weighted by Crippen LogP contribution is 2.26. The average molecular weight is 271 g/mol. The van der Waals surface area contributed by atoms with Gasteiger partial charge in [0, 0.05) is 6.26 Å². The van der Waals surface area contributed by atoms with Crippen molar-refractivity contribution in [2.75, 3.05) is 13.4 Å². The lowest BCUT2D eigenvalue weighted by Crippen LogP contribution is -2.00. The number of hydrogen-bond donors (Lipinski definition) is 0. The Morgan fingerprint density at radius 1 is 1.41 bits per heavy atom. The summed E-state index contributed by atoms with van der Waals surface area (Å²) in [6.07, 6.45) is 1.10. The molecule has 2 rings (SSSR count).